The average molecular weight is 283 g/mol. The van der Waals surface area contributed by atoms with E-state index in [1.54, 1.807) is 0 Å². The van der Waals surface area contributed by atoms with Gasteiger partial charge in [-0.05, 0) is 18.2 Å². The van der Waals surface area contributed by atoms with Crippen LogP contribution in [0, 0.1) is 17.6 Å². The summed E-state index contributed by atoms with van der Waals surface area (Å²) in [6.07, 6.45) is -4.90. The third kappa shape index (κ3) is 4.47. The van der Waals surface area contributed by atoms with Gasteiger partial charge in [0.1, 0.15) is 11.6 Å². The first-order valence-corrected chi connectivity index (χ1v) is 5.16. The van der Waals surface area contributed by atoms with E-state index in [9.17, 15) is 26.7 Å². The fourth-order valence-electron chi connectivity index (χ4n) is 1.37. The predicted octanol–water partition coefficient (Wildman–Crippen LogP) is 2.32. The lowest BCUT2D eigenvalue weighted by atomic mass is 10.1. The highest BCUT2D eigenvalue weighted by Crippen LogP contribution is 2.25. The number of carboxylic acids is 1. The van der Waals surface area contributed by atoms with Crippen LogP contribution < -0.4 is 5.32 Å². The van der Waals surface area contributed by atoms with Gasteiger partial charge in [0.05, 0.1) is 0 Å². The van der Waals surface area contributed by atoms with E-state index in [1.165, 1.54) is 0 Å². The SMILES string of the molecule is O=C(O)C(CNCc1cc(F)ccc1F)C(F)(F)F. The summed E-state index contributed by atoms with van der Waals surface area (Å²) in [4.78, 5) is 10.4. The highest BCUT2D eigenvalue weighted by molar-refractivity contribution is 5.71. The van der Waals surface area contributed by atoms with Crippen molar-refractivity contribution in [3.63, 3.8) is 0 Å². The Morgan fingerprint density at radius 1 is 1.32 bits per heavy atom. The number of hydrogen-bond acceptors (Lipinski definition) is 2. The number of hydrogen-bond donors (Lipinski definition) is 2. The van der Waals surface area contributed by atoms with E-state index in [2.05, 4.69) is 5.32 Å². The Hall–Kier alpha value is -1.70. The van der Waals surface area contributed by atoms with E-state index in [-0.39, 0.29) is 5.56 Å². The monoisotopic (exact) mass is 283 g/mol. The molecule has 0 aliphatic carbocycles. The second kappa shape index (κ2) is 5.96. The fraction of sp³-hybridized carbons (Fsp3) is 0.364. The normalized spacial score (nSPS) is 13.3. The Morgan fingerprint density at radius 2 is 1.95 bits per heavy atom. The van der Waals surface area contributed by atoms with Gasteiger partial charge < -0.3 is 10.4 Å². The number of halogens is 5. The smallest absolute Gasteiger partial charge is 0.403 e. The van der Waals surface area contributed by atoms with Crippen molar-refractivity contribution < 1.29 is 31.9 Å². The highest BCUT2D eigenvalue weighted by Gasteiger charge is 2.44. The molecule has 0 radical (unpaired) electrons. The van der Waals surface area contributed by atoms with Crippen LogP contribution in [0.1, 0.15) is 5.56 Å². The lowest BCUT2D eigenvalue weighted by Crippen LogP contribution is -2.39. The van der Waals surface area contributed by atoms with Crippen LogP contribution in [0.25, 0.3) is 0 Å². The van der Waals surface area contributed by atoms with Gasteiger partial charge >= 0.3 is 12.1 Å². The molecule has 3 nitrogen and oxygen atoms in total. The summed E-state index contributed by atoms with van der Waals surface area (Å²) < 4.78 is 62.8. The number of nitrogens with one attached hydrogen (secondary N) is 1. The fourth-order valence-corrected chi connectivity index (χ4v) is 1.37. The first-order valence-electron chi connectivity index (χ1n) is 5.16. The lowest BCUT2D eigenvalue weighted by molar-refractivity contribution is -0.192. The van der Waals surface area contributed by atoms with Crippen LogP contribution in [0.4, 0.5) is 22.0 Å². The first-order chi connectivity index (χ1) is 8.71. The molecule has 19 heavy (non-hydrogen) atoms. The number of alkyl halides is 3. The van der Waals surface area contributed by atoms with Gasteiger partial charge in [-0.15, -0.1) is 0 Å². The van der Waals surface area contributed by atoms with Gasteiger partial charge in [0.25, 0.3) is 0 Å². The summed E-state index contributed by atoms with van der Waals surface area (Å²) in [5.41, 5.74) is -0.175. The maximum atomic E-state index is 13.1. The summed E-state index contributed by atoms with van der Waals surface area (Å²) in [6.45, 7) is -1.32. The summed E-state index contributed by atoms with van der Waals surface area (Å²) in [7, 11) is 0. The molecular formula is C11H10F5NO2. The van der Waals surface area contributed by atoms with Crippen molar-refractivity contribution in [3.8, 4) is 0 Å². The van der Waals surface area contributed by atoms with Crippen LogP contribution in [0.2, 0.25) is 0 Å². The van der Waals surface area contributed by atoms with E-state index in [4.69, 9.17) is 5.11 Å². The molecule has 2 N–H and O–H groups in total. The largest absolute Gasteiger partial charge is 0.481 e. The van der Waals surface area contributed by atoms with Crippen molar-refractivity contribution >= 4 is 5.97 Å². The molecule has 1 aromatic carbocycles. The van der Waals surface area contributed by atoms with Gasteiger partial charge in [0.2, 0.25) is 0 Å². The second-order valence-corrected chi connectivity index (χ2v) is 3.80. The molecule has 0 saturated heterocycles. The molecule has 1 aromatic rings. The van der Waals surface area contributed by atoms with Crippen molar-refractivity contribution in [2.45, 2.75) is 12.7 Å². The van der Waals surface area contributed by atoms with Gasteiger partial charge in [0.15, 0.2) is 5.92 Å². The number of aliphatic carboxylic acids is 1. The van der Waals surface area contributed by atoms with Crippen molar-refractivity contribution in [1.82, 2.24) is 5.32 Å². The quantitative estimate of drug-likeness (QED) is 0.815. The van der Waals surface area contributed by atoms with Crippen LogP contribution in [0.3, 0.4) is 0 Å². The number of benzene rings is 1. The number of rotatable bonds is 5. The Morgan fingerprint density at radius 3 is 2.47 bits per heavy atom. The van der Waals surface area contributed by atoms with E-state index >= 15 is 0 Å². The zero-order chi connectivity index (χ0) is 14.6. The molecule has 1 atom stereocenters. The molecule has 1 unspecified atom stereocenters. The van der Waals surface area contributed by atoms with Crippen molar-refractivity contribution in [3.05, 3.63) is 35.4 Å². The summed E-state index contributed by atoms with van der Waals surface area (Å²) in [5.74, 6) is -6.14. The maximum absolute atomic E-state index is 13.1. The molecule has 0 spiro atoms. The third-order valence-electron chi connectivity index (χ3n) is 2.36. The molecule has 0 bridgehead atoms. The van der Waals surface area contributed by atoms with Crippen LogP contribution in [0.5, 0.6) is 0 Å². The Bertz CT molecular complexity index is 461. The van der Waals surface area contributed by atoms with Crippen molar-refractivity contribution in [1.29, 1.82) is 0 Å². The summed E-state index contributed by atoms with van der Waals surface area (Å²) >= 11 is 0. The topological polar surface area (TPSA) is 49.3 Å². The van der Waals surface area contributed by atoms with E-state index in [0.717, 1.165) is 18.2 Å². The zero-order valence-electron chi connectivity index (χ0n) is 9.47. The van der Waals surface area contributed by atoms with Crippen molar-refractivity contribution in [2.75, 3.05) is 6.54 Å². The maximum Gasteiger partial charge on any atom is 0.403 e. The number of carboxylic acid groups (broad SMARTS) is 1. The molecule has 106 valence electrons. The molecule has 8 heteroatoms. The standard InChI is InChI=1S/C11H10F5NO2/c12-7-1-2-9(13)6(3-7)4-17-5-8(10(18)19)11(14,15)16/h1-3,8,17H,4-5H2,(H,18,19). The molecule has 0 amide bonds. The van der Waals surface area contributed by atoms with E-state index < -0.39 is 42.8 Å². The molecule has 0 aliphatic rings. The minimum Gasteiger partial charge on any atom is -0.481 e. The summed E-state index contributed by atoms with van der Waals surface area (Å²) in [5, 5.41) is 10.6. The van der Waals surface area contributed by atoms with Gasteiger partial charge in [-0.3, -0.25) is 4.79 Å². The van der Waals surface area contributed by atoms with Crippen LogP contribution >= 0.6 is 0 Å². The Labute approximate surface area is 105 Å². The zero-order valence-corrected chi connectivity index (χ0v) is 9.47. The Balaban J connectivity index is 2.62. The molecule has 1 rings (SSSR count). The van der Waals surface area contributed by atoms with Crippen LogP contribution in [0.15, 0.2) is 18.2 Å². The van der Waals surface area contributed by atoms with Gasteiger partial charge in [-0.25, -0.2) is 8.78 Å². The van der Waals surface area contributed by atoms with Gasteiger partial charge in [0, 0.05) is 18.7 Å². The minimum atomic E-state index is -4.90. The molecule has 0 aromatic heterocycles. The average Bonchev–Trinajstić information content (AvgIpc) is 2.26. The molecular weight excluding hydrogens is 273 g/mol. The second-order valence-electron chi connectivity index (χ2n) is 3.80. The van der Waals surface area contributed by atoms with E-state index in [0.29, 0.717) is 0 Å². The Kier molecular flexibility index (Phi) is 4.82. The number of carbonyl (C=O) groups is 1. The molecule has 0 heterocycles. The van der Waals surface area contributed by atoms with Crippen molar-refractivity contribution in [2.24, 2.45) is 5.92 Å². The molecule has 0 fully saturated rings. The van der Waals surface area contributed by atoms with Gasteiger partial charge in [-0.1, -0.05) is 0 Å². The molecule has 0 saturated carbocycles. The van der Waals surface area contributed by atoms with Crippen LogP contribution in [-0.4, -0.2) is 23.8 Å². The lowest BCUT2D eigenvalue weighted by Gasteiger charge is -2.16. The first kappa shape index (κ1) is 15.4. The minimum absolute atomic E-state index is 0.175. The van der Waals surface area contributed by atoms with Gasteiger partial charge in [-0.2, -0.15) is 13.2 Å². The van der Waals surface area contributed by atoms with Crippen LogP contribution in [-0.2, 0) is 11.3 Å². The predicted molar refractivity (Wildman–Crippen MR) is 55.2 cm³/mol. The third-order valence-corrected chi connectivity index (χ3v) is 2.36. The summed E-state index contributed by atoms with van der Waals surface area (Å²) in [6, 6.07) is 2.53. The molecule has 0 aliphatic heterocycles. The van der Waals surface area contributed by atoms with E-state index in [1.807, 2.05) is 0 Å². The highest BCUT2D eigenvalue weighted by atomic mass is 19.4.